The van der Waals surface area contributed by atoms with Gasteiger partial charge in [-0.3, -0.25) is 4.79 Å². The minimum absolute atomic E-state index is 0.310. The first-order chi connectivity index (χ1) is 7.79. The van der Waals surface area contributed by atoms with E-state index in [9.17, 15) is 4.79 Å². The van der Waals surface area contributed by atoms with E-state index in [0.29, 0.717) is 18.4 Å². The number of carbonyl (C=O) groups excluding carboxylic acids is 1. The summed E-state index contributed by atoms with van der Waals surface area (Å²) in [5.41, 5.74) is 0. The summed E-state index contributed by atoms with van der Waals surface area (Å²) in [5.74, 6) is 0.310. The van der Waals surface area contributed by atoms with Gasteiger partial charge in [0.1, 0.15) is 0 Å². The monoisotopic (exact) mass is 226 g/mol. The number of hydrogen-bond acceptors (Lipinski definition) is 4. The molecule has 0 spiro atoms. The highest BCUT2D eigenvalue weighted by atomic mass is 16.2. The van der Waals surface area contributed by atoms with E-state index in [1.165, 1.54) is 0 Å². The maximum atomic E-state index is 11.8. The zero-order chi connectivity index (χ0) is 11.4. The van der Waals surface area contributed by atoms with Crippen molar-refractivity contribution in [3.05, 3.63) is 0 Å². The van der Waals surface area contributed by atoms with E-state index in [0.717, 1.165) is 45.8 Å². The predicted molar refractivity (Wildman–Crippen MR) is 63.4 cm³/mol. The van der Waals surface area contributed by atoms with Gasteiger partial charge in [0.25, 0.3) is 0 Å². The summed E-state index contributed by atoms with van der Waals surface area (Å²) in [6.45, 7) is 6.95. The van der Waals surface area contributed by atoms with E-state index in [-0.39, 0.29) is 0 Å². The molecule has 2 N–H and O–H groups in total. The fraction of sp³-hybridized carbons (Fsp3) is 0.909. The second-order valence-corrected chi connectivity index (χ2v) is 4.63. The molecule has 2 aliphatic heterocycles. The fourth-order valence-electron chi connectivity index (χ4n) is 2.21. The molecule has 0 bridgehead atoms. The lowest BCUT2D eigenvalue weighted by molar-refractivity contribution is -0.136. The second kappa shape index (κ2) is 5.61. The average molecular weight is 226 g/mol. The van der Waals surface area contributed by atoms with Gasteiger partial charge in [0.2, 0.25) is 5.91 Å². The van der Waals surface area contributed by atoms with Crippen LogP contribution in [0.2, 0.25) is 0 Å². The summed E-state index contributed by atoms with van der Waals surface area (Å²) in [7, 11) is 1.95. The van der Waals surface area contributed by atoms with Gasteiger partial charge in [0.05, 0.1) is 0 Å². The maximum Gasteiger partial charge on any atom is 0.223 e. The smallest absolute Gasteiger partial charge is 0.223 e. The molecule has 1 amide bonds. The Kier molecular flexibility index (Phi) is 4.15. The van der Waals surface area contributed by atoms with Gasteiger partial charge in [-0.2, -0.15) is 0 Å². The van der Waals surface area contributed by atoms with Crippen molar-refractivity contribution in [1.82, 2.24) is 20.4 Å². The molecule has 0 unspecified atom stereocenters. The Morgan fingerprint density at radius 2 is 2.06 bits per heavy atom. The van der Waals surface area contributed by atoms with E-state index in [2.05, 4.69) is 15.5 Å². The molecule has 0 aliphatic carbocycles. The van der Waals surface area contributed by atoms with Gasteiger partial charge in [-0.05, 0) is 7.05 Å². The van der Waals surface area contributed by atoms with Crippen molar-refractivity contribution in [2.45, 2.75) is 12.5 Å². The highest BCUT2D eigenvalue weighted by Crippen LogP contribution is 2.09. The van der Waals surface area contributed by atoms with Crippen LogP contribution in [0.15, 0.2) is 0 Å². The molecule has 2 heterocycles. The maximum absolute atomic E-state index is 11.8. The van der Waals surface area contributed by atoms with E-state index in [1.54, 1.807) is 0 Å². The molecule has 0 aromatic carbocycles. The van der Waals surface area contributed by atoms with Crippen LogP contribution in [0.1, 0.15) is 6.42 Å². The number of likely N-dealkylation sites (N-methyl/N-ethyl adjacent to an activating group) is 1. The summed E-state index contributed by atoms with van der Waals surface area (Å²) in [4.78, 5) is 16.1. The lowest BCUT2D eigenvalue weighted by atomic mass is 10.1. The van der Waals surface area contributed by atoms with Crippen molar-refractivity contribution in [3.63, 3.8) is 0 Å². The van der Waals surface area contributed by atoms with Crippen LogP contribution in [0, 0.1) is 0 Å². The van der Waals surface area contributed by atoms with Crippen LogP contribution in [0.25, 0.3) is 0 Å². The normalized spacial score (nSPS) is 23.2. The Balaban J connectivity index is 1.60. The van der Waals surface area contributed by atoms with Gasteiger partial charge >= 0.3 is 0 Å². The summed E-state index contributed by atoms with van der Waals surface area (Å²) in [6, 6.07) is 0.517. The van der Waals surface area contributed by atoms with Crippen LogP contribution in [0.4, 0.5) is 0 Å². The molecule has 16 heavy (non-hydrogen) atoms. The number of nitrogens with one attached hydrogen (secondary N) is 2. The Morgan fingerprint density at radius 1 is 1.38 bits per heavy atom. The van der Waals surface area contributed by atoms with Gasteiger partial charge in [-0.15, -0.1) is 0 Å². The molecular formula is C11H22N4O. The zero-order valence-electron chi connectivity index (χ0n) is 10.0. The summed E-state index contributed by atoms with van der Waals surface area (Å²) < 4.78 is 0. The molecule has 2 saturated heterocycles. The van der Waals surface area contributed by atoms with E-state index in [4.69, 9.17) is 0 Å². The summed E-state index contributed by atoms with van der Waals surface area (Å²) in [5, 5.41) is 6.49. The molecule has 5 heteroatoms. The number of piperazine rings is 1. The first-order valence-corrected chi connectivity index (χ1v) is 6.17. The molecular weight excluding hydrogens is 204 g/mol. The van der Waals surface area contributed by atoms with Crippen molar-refractivity contribution in [3.8, 4) is 0 Å². The standard InChI is InChI=1S/C11H22N4O/c1-12-10-8-15(9-10)11(16)2-5-14-6-3-13-4-7-14/h10,12-13H,2-9H2,1H3. The Morgan fingerprint density at radius 3 is 2.69 bits per heavy atom. The highest BCUT2D eigenvalue weighted by molar-refractivity contribution is 5.77. The molecule has 0 saturated carbocycles. The van der Waals surface area contributed by atoms with Crippen LogP contribution in [0.3, 0.4) is 0 Å². The average Bonchev–Trinajstić information content (AvgIpc) is 2.26. The third kappa shape index (κ3) is 2.93. The van der Waals surface area contributed by atoms with E-state index < -0.39 is 0 Å². The van der Waals surface area contributed by atoms with Crippen molar-refractivity contribution in [2.24, 2.45) is 0 Å². The molecule has 5 nitrogen and oxygen atoms in total. The van der Waals surface area contributed by atoms with Crippen LogP contribution in [-0.4, -0.2) is 74.6 Å². The molecule has 0 radical (unpaired) electrons. The second-order valence-electron chi connectivity index (χ2n) is 4.63. The number of amides is 1. The lowest BCUT2D eigenvalue weighted by Crippen LogP contribution is -2.59. The molecule has 2 rings (SSSR count). The first kappa shape index (κ1) is 11.8. The van der Waals surface area contributed by atoms with Crippen LogP contribution < -0.4 is 10.6 Å². The largest absolute Gasteiger partial charge is 0.339 e. The Bertz CT molecular complexity index is 234. The summed E-state index contributed by atoms with van der Waals surface area (Å²) in [6.07, 6.45) is 0.677. The third-order valence-electron chi connectivity index (χ3n) is 3.49. The van der Waals surface area contributed by atoms with Crippen molar-refractivity contribution in [1.29, 1.82) is 0 Å². The molecule has 2 fully saturated rings. The number of hydrogen-bond donors (Lipinski definition) is 2. The topological polar surface area (TPSA) is 47.6 Å². The molecule has 92 valence electrons. The van der Waals surface area contributed by atoms with Gasteiger partial charge < -0.3 is 20.4 Å². The predicted octanol–water partition coefficient (Wildman–Crippen LogP) is -1.29. The van der Waals surface area contributed by atoms with Gasteiger partial charge in [0.15, 0.2) is 0 Å². The SMILES string of the molecule is CNC1CN(C(=O)CCN2CCNCC2)C1. The molecule has 0 aromatic rings. The first-order valence-electron chi connectivity index (χ1n) is 6.17. The van der Waals surface area contributed by atoms with Crippen LogP contribution in [-0.2, 0) is 4.79 Å². The highest BCUT2D eigenvalue weighted by Gasteiger charge is 2.28. The zero-order valence-corrected chi connectivity index (χ0v) is 10.0. The lowest BCUT2D eigenvalue weighted by Gasteiger charge is -2.39. The Hall–Kier alpha value is -0.650. The minimum atomic E-state index is 0.310. The fourth-order valence-corrected chi connectivity index (χ4v) is 2.21. The molecule has 0 atom stereocenters. The number of likely N-dealkylation sites (tertiary alicyclic amines) is 1. The third-order valence-corrected chi connectivity index (χ3v) is 3.49. The van der Waals surface area contributed by atoms with Crippen LogP contribution in [0.5, 0.6) is 0 Å². The molecule has 0 aromatic heterocycles. The minimum Gasteiger partial charge on any atom is -0.339 e. The number of rotatable bonds is 4. The van der Waals surface area contributed by atoms with Crippen molar-refractivity contribution >= 4 is 5.91 Å². The Labute approximate surface area is 97.2 Å². The number of carbonyl (C=O) groups is 1. The van der Waals surface area contributed by atoms with E-state index >= 15 is 0 Å². The van der Waals surface area contributed by atoms with Crippen LogP contribution >= 0.6 is 0 Å². The quantitative estimate of drug-likeness (QED) is 0.626. The van der Waals surface area contributed by atoms with Gasteiger partial charge in [-0.1, -0.05) is 0 Å². The molecule has 2 aliphatic rings. The number of nitrogens with zero attached hydrogens (tertiary/aromatic N) is 2. The van der Waals surface area contributed by atoms with E-state index in [1.807, 2.05) is 11.9 Å². The summed E-state index contributed by atoms with van der Waals surface area (Å²) >= 11 is 0. The van der Waals surface area contributed by atoms with Crippen molar-refractivity contribution < 1.29 is 4.79 Å². The van der Waals surface area contributed by atoms with Crippen molar-refractivity contribution in [2.75, 3.05) is 52.9 Å². The van der Waals surface area contributed by atoms with Gasteiger partial charge in [-0.25, -0.2) is 0 Å². The van der Waals surface area contributed by atoms with Gasteiger partial charge in [0, 0.05) is 58.3 Å².